The molecule has 3 aliphatic heterocycles. The Labute approximate surface area is 162 Å². The maximum absolute atomic E-state index is 12.8. The van der Waals surface area contributed by atoms with Crippen molar-refractivity contribution in [3.05, 3.63) is 12.2 Å². The Bertz CT molecular complexity index is 727. The maximum atomic E-state index is 12.8. The van der Waals surface area contributed by atoms with E-state index in [4.69, 9.17) is 0 Å². The van der Waals surface area contributed by atoms with Gasteiger partial charge in [-0.25, -0.2) is 12.7 Å². The highest BCUT2D eigenvalue weighted by molar-refractivity contribution is 7.89. The number of hydrogen-bond acceptors (Lipinski definition) is 5. The maximum Gasteiger partial charge on any atom is 0.246 e. The first-order valence-corrected chi connectivity index (χ1v) is 11.8. The molecule has 0 bridgehead atoms. The zero-order chi connectivity index (χ0) is 19.8. The van der Waals surface area contributed by atoms with E-state index in [9.17, 15) is 18.0 Å². The summed E-state index contributed by atoms with van der Waals surface area (Å²) in [4.78, 5) is 29.4. The predicted octanol–water partition coefficient (Wildman–Crippen LogP) is 1.22. The van der Waals surface area contributed by atoms with Gasteiger partial charge in [0, 0.05) is 19.2 Å². The van der Waals surface area contributed by atoms with Gasteiger partial charge in [0.05, 0.1) is 24.3 Å². The average molecular weight is 398 g/mol. The molecule has 0 aromatic rings. The van der Waals surface area contributed by atoms with Gasteiger partial charge in [-0.1, -0.05) is 26.3 Å². The fourth-order valence-corrected chi connectivity index (χ4v) is 6.59. The molecule has 7 nitrogen and oxygen atoms in total. The molecular formula is C19H31N3O4S. The largest absolute Gasteiger partial charge is 0.333 e. The van der Waals surface area contributed by atoms with E-state index in [1.165, 1.54) is 19.3 Å². The van der Waals surface area contributed by atoms with Crippen LogP contribution < -0.4 is 0 Å². The summed E-state index contributed by atoms with van der Waals surface area (Å²) < 4.78 is 25.7. The number of nitrogens with zero attached hydrogens (tertiary/aromatic N) is 3. The minimum atomic E-state index is -3.67. The fourth-order valence-electron chi connectivity index (χ4n) is 5.10. The van der Waals surface area contributed by atoms with Crippen molar-refractivity contribution in [1.82, 2.24) is 14.1 Å². The van der Waals surface area contributed by atoms with Crippen molar-refractivity contribution in [2.45, 2.75) is 57.5 Å². The molecule has 0 radical (unpaired) electrons. The Balaban J connectivity index is 1.75. The summed E-state index contributed by atoms with van der Waals surface area (Å²) in [6, 6.07) is -0.383. The third-order valence-electron chi connectivity index (χ3n) is 6.37. The molecule has 0 N–H and O–H groups in total. The molecule has 0 saturated carbocycles. The molecule has 0 aliphatic carbocycles. The molecule has 0 aromatic carbocycles. The highest BCUT2D eigenvalue weighted by Gasteiger charge is 2.63. The molecule has 3 saturated heterocycles. The number of sulfonamides is 1. The van der Waals surface area contributed by atoms with Crippen LogP contribution in [-0.4, -0.2) is 78.4 Å². The molecule has 0 spiro atoms. The molecule has 3 aliphatic rings. The van der Waals surface area contributed by atoms with E-state index < -0.39 is 21.5 Å². The number of amides is 2. The van der Waals surface area contributed by atoms with E-state index in [0.717, 1.165) is 30.2 Å². The number of rotatable bonds is 5. The van der Waals surface area contributed by atoms with Gasteiger partial charge in [-0.05, 0) is 38.3 Å². The van der Waals surface area contributed by atoms with Crippen molar-refractivity contribution in [2.24, 2.45) is 5.92 Å². The van der Waals surface area contributed by atoms with Crippen molar-refractivity contribution in [3.8, 4) is 0 Å². The summed E-state index contributed by atoms with van der Waals surface area (Å²) in [5.74, 6) is -0.576. The highest BCUT2D eigenvalue weighted by Crippen LogP contribution is 2.48. The summed E-state index contributed by atoms with van der Waals surface area (Å²) in [7, 11) is -3.67. The number of piperidine rings is 1. The lowest BCUT2D eigenvalue weighted by Gasteiger charge is -2.40. The van der Waals surface area contributed by atoms with Gasteiger partial charge < -0.3 is 4.90 Å². The van der Waals surface area contributed by atoms with Crippen LogP contribution in [0.3, 0.4) is 0 Å². The van der Waals surface area contributed by atoms with Crippen LogP contribution in [0.4, 0.5) is 0 Å². The van der Waals surface area contributed by atoms with Crippen molar-refractivity contribution >= 4 is 21.8 Å². The van der Waals surface area contributed by atoms with Gasteiger partial charge in [0.1, 0.15) is 0 Å². The first kappa shape index (κ1) is 20.3. The second-order valence-electron chi connectivity index (χ2n) is 8.33. The third-order valence-corrected chi connectivity index (χ3v) is 7.57. The number of fused-ring (bicyclic) bond motifs is 1. The van der Waals surface area contributed by atoms with Gasteiger partial charge in [-0.2, -0.15) is 0 Å². The molecule has 2 unspecified atom stereocenters. The standard InChI is InChI=1S/C19H31N3O4S/c1-15(2)19-9-13-21(16(19)14-18(24)22(19)27(3,25)26)17(23)8-7-12-20-10-5-4-6-11-20/h7-8,15-16H,4-6,9-14H2,1-3H3/b8-7+. The van der Waals surface area contributed by atoms with Crippen LogP contribution in [0.5, 0.6) is 0 Å². The van der Waals surface area contributed by atoms with E-state index in [1.807, 2.05) is 19.9 Å². The second-order valence-corrected chi connectivity index (χ2v) is 10.2. The molecule has 8 heteroatoms. The summed E-state index contributed by atoms with van der Waals surface area (Å²) in [6.45, 7) is 7.25. The summed E-state index contributed by atoms with van der Waals surface area (Å²) in [6.07, 6.45) is 8.84. The number of carbonyl (C=O) groups is 2. The lowest BCUT2D eigenvalue weighted by Crippen LogP contribution is -2.56. The normalized spacial score (nSPS) is 29.9. The van der Waals surface area contributed by atoms with Crippen LogP contribution in [0.15, 0.2) is 12.2 Å². The predicted molar refractivity (Wildman–Crippen MR) is 103 cm³/mol. The van der Waals surface area contributed by atoms with Gasteiger partial charge in [0.2, 0.25) is 21.8 Å². The van der Waals surface area contributed by atoms with E-state index in [2.05, 4.69) is 4.90 Å². The van der Waals surface area contributed by atoms with E-state index in [0.29, 0.717) is 13.0 Å². The van der Waals surface area contributed by atoms with E-state index >= 15 is 0 Å². The van der Waals surface area contributed by atoms with Crippen LogP contribution in [0.2, 0.25) is 0 Å². The number of carbonyl (C=O) groups excluding carboxylic acids is 2. The van der Waals surface area contributed by atoms with Crippen LogP contribution in [-0.2, 0) is 19.6 Å². The average Bonchev–Trinajstić information content (AvgIpc) is 3.08. The van der Waals surface area contributed by atoms with Gasteiger partial charge in [0.15, 0.2) is 0 Å². The topological polar surface area (TPSA) is 78.0 Å². The Morgan fingerprint density at radius 1 is 1.22 bits per heavy atom. The molecule has 3 fully saturated rings. The molecule has 3 rings (SSSR count). The van der Waals surface area contributed by atoms with Crippen LogP contribution in [0, 0.1) is 5.92 Å². The summed E-state index contributed by atoms with van der Waals surface area (Å²) >= 11 is 0. The first-order chi connectivity index (χ1) is 12.7. The van der Waals surface area contributed by atoms with Crippen molar-refractivity contribution < 1.29 is 18.0 Å². The van der Waals surface area contributed by atoms with Gasteiger partial charge in [-0.3, -0.25) is 14.5 Å². The SMILES string of the molecule is CC(C)C12CCN(C(=O)/C=C/CN3CCCCC3)C1CC(=O)N2S(C)(=O)=O. The Morgan fingerprint density at radius 2 is 1.89 bits per heavy atom. The second kappa shape index (κ2) is 7.54. The highest BCUT2D eigenvalue weighted by atomic mass is 32.2. The zero-order valence-electron chi connectivity index (χ0n) is 16.6. The molecule has 0 aromatic heterocycles. The van der Waals surface area contributed by atoms with Gasteiger partial charge >= 0.3 is 0 Å². The molecule has 152 valence electrons. The lowest BCUT2D eigenvalue weighted by atomic mass is 9.81. The van der Waals surface area contributed by atoms with Gasteiger partial charge in [0.25, 0.3) is 0 Å². The smallest absolute Gasteiger partial charge is 0.246 e. The van der Waals surface area contributed by atoms with Gasteiger partial charge in [-0.15, -0.1) is 0 Å². The molecular weight excluding hydrogens is 366 g/mol. The number of likely N-dealkylation sites (tertiary alicyclic amines) is 2. The number of hydrogen-bond donors (Lipinski definition) is 0. The van der Waals surface area contributed by atoms with Crippen molar-refractivity contribution in [2.75, 3.05) is 32.4 Å². The first-order valence-electron chi connectivity index (χ1n) is 9.90. The molecule has 3 heterocycles. The van der Waals surface area contributed by atoms with Crippen molar-refractivity contribution in [3.63, 3.8) is 0 Å². The van der Waals surface area contributed by atoms with E-state index in [1.54, 1.807) is 11.0 Å². The van der Waals surface area contributed by atoms with Crippen LogP contribution >= 0.6 is 0 Å². The van der Waals surface area contributed by atoms with Crippen LogP contribution in [0.25, 0.3) is 0 Å². The Morgan fingerprint density at radius 3 is 2.48 bits per heavy atom. The summed E-state index contributed by atoms with van der Waals surface area (Å²) in [5, 5.41) is 0. The van der Waals surface area contributed by atoms with Crippen LogP contribution in [0.1, 0.15) is 46.0 Å². The zero-order valence-corrected chi connectivity index (χ0v) is 17.4. The quantitative estimate of drug-likeness (QED) is 0.652. The monoisotopic (exact) mass is 397 g/mol. The summed E-state index contributed by atoms with van der Waals surface area (Å²) in [5.41, 5.74) is -0.818. The molecule has 2 atom stereocenters. The molecule has 2 amide bonds. The Hall–Kier alpha value is -1.41. The van der Waals surface area contributed by atoms with Crippen molar-refractivity contribution in [1.29, 1.82) is 0 Å². The fraction of sp³-hybridized carbons (Fsp3) is 0.789. The minimum Gasteiger partial charge on any atom is -0.333 e. The lowest BCUT2D eigenvalue weighted by molar-refractivity contribution is -0.127. The van der Waals surface area contributed by atoms with E-state index in [-0.39, 0.29) is 24.3 Å². The minimum absolute atomic E-state index is 0.0567. The Kier molecular flexibility index (Phi) is 5.68. The third kappa shape index (κ3) is 3.66. The molecule has 27 heavy (non-hydrogen) atoms.